The van der Waals surface area contributed by atoms with Crippen molar-refractivity contribution in [2.45, 2.75) is 45.8 Å². The molecule has 0 amide bonds. The summed E-state index contributed by atoms with van der Waals surface area (Å²) in [7, 11) is 0. The van der Waals surface area contributed by atoms with Crippen LogP contribution in [0.3, 0.4) is 0 Å². The van der Waals surface area contributed by atoms with Crippen molar-refractivity contribution in [2.75, 3.05) is 6.54 Å². The number of rotatable bonds is 4. The first-order valence-electron chi connectivity index (χ1n) is 4.92. The van der Waals surface area contributed by atoms with Gasteiger partial charge in [0.25, 0.3) is 0 Å². The molecule has 0 aliphatic rings. The Morgan fingerprint density at radius 1 is 1.40 bits per heavy atom. The van der Waals surface area contributed by atoms with Crippen molar-refractivity contribution in [1.82, 2.24) is 2.89 Å². The van der Waals surface area contributed by atoms with Gasteiger partial charge in [-0.05, 0) is 0 Å². The van der Waals surface area contributed by atoms with E-state index in [0.717, 1.165) is 6.42 Å². The van der Waals surface area contributed by atoms with Gasteiger partial charge in [-0.1, -0.05) is 0 Å². The van der Waals surface area contributed by atoms with Gasteiger partial charge >= 0.3 is 104 Å². The molecule has 0 bridgehead atoms. The quantitative estimate of drug-likeness (QED) is 0.573. The second-order valence-corrected chi connectivity index (χ2v) is 5.41. The van der Waals surface area contributed by atoms with Gasteiger partial charge in [0.15, 0.2) is 0 Å². The summed E-state index contributed by atoms with van der Waals surface area (Å²) in [5.74, 6) is 0.590. The minimum atomic E-state index is -4.13. The number of alkyl halides is 3. The first-order chi connectivity index (χ1) is 6.76. The van der Waals surface area contributed by atoms with Gasteiger partial charge in [-0.25, -0.2) is 0 Å². The molecule has 0 saturated heterocycles. The molecule has 0 aliphatic heterocycles. The molecule has 0 spiro atoms. The number of hydrogen-bond acceptors (Lipinski definition) is 1. The van der Waals surface area contributed by atoms with Gasteiger partial charge in [-0.15, -0.1) is 0 Å². The Balaban J connectivity index is 4.49. The van der Waals surface area contributed by atoms with Gasteiger partial charge in [0.05, 0.1) is 0 Å². The third kappa shape index (κ3) is 7.99. The first kappa shape index (κ1) is 15.1. The molecule has 0 atom stereocenters. The van der Waals surface area contributed by atoms with Crippen LogP contribution in [0.5, 0.6) is 0 Å². The molecule has 6 heteroatoms. The maximum absolute atomic E-state index is 12.2. The zero-order valence-corrected chi connectivity index (χ0v) is 12.6. The maximum atomic E-state index is 12.2. The van der Waals surface area contributed by atoms with E-state index < -0.39 is 12.7 Å². The van der Waals surface area contributed by atoms with Crippen molar-refractivity contribution in [3.8, 4) is 0 Å². The molecule has 0 aliphatic carbocycles. The van der Waals surface area contributed by atoms with E-state index in [1.165, 1.54) is 2.89 Å². The van der Waals surface area contributed by atoms with E-state index in [4.69, 9.17) is 0 Å². The Bertz CT molecular complexity index is 214. The van der Waals surface area contributed by atoms with Crippen LogP contribution in [0, 0.1) is 0 Å². The van der Waals surface area contributed by atoms with E-state index in [1.807, 2.05) is 20.8 Å². The van der Waals surface area contributed by atoms with Gasteiger partial charge in [-0.3, -0.25) is 0 Å². The van der Waals surface area contributed by atoms with Crippen molar-refractivity contribution in [2.24, 2.45) is 4.99 Å². The monoisotopic (exact) mass is 324 g/mol. The average Bonchev–Trinajstić information content (AvgIpc) is 1.99. The van der Waals surface area contributed by atoms with Crippen LogP contribution in [0.25, 0.3) is 0 Å². The molecule has 0 rings (SSSR count). The summed E-state index contributed by atoms with van der Waals surface area (Å²) in [6.45, 7) is 4.81. The number of halogens is 3. The average molecular weight is 324 g/mol. The third-order valence-electron chi connectivity index (χ3n) is 1.56. The van der Waals surface area contributed by atoms with Crippen molar-refractivity contribution in [3.63, 3.8) is 0 Å². The Hall–Kier alpha value is 0.130. The predicted octanol–water partition coefficient (Wildman–Crippen LogP) is 2.54. The normalized spacial score (nSPS) is 13.4. The summed E-state index contributed by atoms with van der Waals surface area (Å²) in [4.78, 5) is 4.23. The Morgan fingerprint density at radius 2 is 1.93 bits per heavy atom. The van der Waals surface area contributed by atoms with E-state index in [2.05, 4.69) is 4.99 Å². The van der Waals surface area contributed by atoms with E-state index in [1.54, 1.807) is 0 Å². The second kappa shape index (κ2) is 6.66. The van der Waals surface area contributed by atoms with Gasteiger partial charge in [0.2, 0.25) is 0 Å². The van der Waals surface area contributed by atoms with E-state index in [9.17, 15) is 13.2 Å². The van der Waals surface area contributed by atoms with Crippen LogP contribution in [-0.4, -0.2) is 52.1 Å². The fraction of sp³-hybridized carbons (Fsp3) is 0.889. The molecule has 2 nitrogen and oxygen atoms in total. The summed E-state index contributed by atoms with van der Waals surface area (Å²) in [6.07, 6.45) is -2.69. The van der Waals surface area contributed by atoms with Gasteiger partial charge < -0.3 is 0 Å². The summed E-state index contributed by atoms with van der Waals surface area (Å²) >= 11 is 0.424. The standard InChI is InChI=1S/C9H16F3N2.In/c1-4-5-8(14-7(2)3)13-6-9(10,11)12;/h7H,4-6H2,1-3H3;/q-1;+1. The van der Waals surface area contributed by atoms with Crippen LogP contribution in [0.15, 0.2) is 4.99 Å². The van der Waals surface area contributed by atoms with Crippen molar-refractivity contribution >= 4 is 30.5 Å². The van der Waals surface area contributed by atoms with E-state index in [0.29, 0.717) is 36.9 Å². The van der Waals surface area contributed by atoms with Crippen LogP contribution in [0.4, 0.5) is 13.2 Å². The van der Waals surface area contributed by atoms with Gasteiger partial charge in [0.1, 0.15) is 0 Å². The molecule has 0 aromatic heterocycles. The zero-order chi connectivity index (χ0) is 12.1. The van der Waals surface area contributed by atoms with E-state index >= 15 is 0 Å². The van der Waals surface area contributed by atoms with Crippen molar-refractivity contribution in [1.29, 1.82) is 0 Å². The topological polar surface area (TPSA) is 15.6 Å². The number of hydrogen-bond donors (Lipinski definition) is 0. The molecule has 0 unspecified atom stereocenters. The molecular formula is C9H16F3InN2. The summed E-state index contributed by atoms with van der Waals surface area (Å²) in [6, 6.07) is 0.0506. The second-order valence-electron chi connectivity index (χ2n) is 3.63. The number of amidine groups is 1. The molecule has 0 heterocycles. The molecule has 0 aromatic rings. The Morgan fingerprint density at radius 3 is 2.27 bits per heavy atom. The van der Waals surface area contributed by atoms with Crippen LogP contribution in [0.2, 0.25) is 0 Å². The summed E-state index contributed by atoms with van der Waals surface area (Å²) in [5, 5.41) is 0. The molecule has 0 N–H and O–H groups in total. The molecule has 86 valence electrons. The van der Waals surface area contributed by atoms with Crippen LogP contribution >= 0.6 is 0 Å². The molecule has 2 radical (unpaired) electrons. The summed E-state index contributed by atoms with van der Waals surface area (Å²) < 4.78 is 37.8. The number of nitrogens with zero attached hydrogens (tertiary/aromatic N) is 2. The van der Waals surface area contributed by atoms with Gasteiger partial charge in [0, 0.05) is 0 Å². The SMILES string of the molecule is CCCC(=NC(C)C)[N]([In])CC(F)(F)F. The molecule has 0 aromatic carbocycles. The molecule has 0 saturated carbocycles. The van der Waals surface area contributed by atoms with Crippen molar-refractivity contribution < 1.29 is 13.2 Å². The zero-order valence-electron chi connectivity index (χ0n) is 9.30. The Labute approximate surface area is 104 Å². The molecule has 0 fully saturated rings. The first-order valence-corrected chi connectivity index (χ1v) is 6.39. The van der Waals surface area contributed by atoms with Crippen LogP contribution < -0.4 is 0 Å². The van der Waals surface area contributed by atoms with Crippen LogP contribution in [0.1, 0.15) is 33.6 Å². The van der Waals surface area contributed by atoms with Crippen LogP contribution in [-0.2, 0) is 0 Å². The minimum absolute atomic E-state index is 0.0506. The number of aliphatic imine (C=N–C) groups is 1. The van der Waals surface area contributed by atoms with E-state index in [-0.39, 0.29) is 6.04 Å². The third-order valence-corrected chi connectivity index (χ3v) is 2.93. The predicted molar refractivity (Wildman–Crippen MR) is 56.0 cm³/mol. The van der Waals surface area contributed by atoms with Gasteiger partial charge in [-0.2, -0.15) is 0 Å². The Kier molecular flexibility index (Phi) is 6.71. The summed E-state index contributed by atoms with van der Waals surface area (Å²) in [5.41, 5.74) is 0. The van der Waals surface area contributed by atoms with Crippen molar-refractivity contribution in [3.05, 3.63) is 0 Å². The molecule has 15 heavy (non-hydrogen) atoms. The fourth-order valence-corrected chi connectivity index (χ4v) is 2.24. The molecular weight excluding hydrogens is 308 g/mol. The fourth-order valence-electron chi connectivity index (χ4n) is 1.09.